The maximum atomic E-state index is 12.1. The van der Waals surface area contributed by atoms with E-state index in [9.17, 15) is 4.79 Å². The van der Waals surface area contributed by atoms with Crippen LogP contribution in [0.1, 0.15) is 38.1 Å². The van der Waals surface area contributed by atoms with Gasteiger partial charge in [0.15, 0.2) is 0 Å². The normalized spacial score (nSPS) is 11.8. The number of benzene rings is 1. The Morgan fingerprint density at radius 2 is 2.00 bits per heavy atom. The molecule has 23 heavy (non-hydrogen) atoms. The molecule has 0 aliphatic carbocycles. The first-order chi connectivity index (χ1) is 11.0. The van der Waals surface area contributed by atoms with E-state index in [0.29, 0.717) is 6.61 Å². The Bertz CT molecular complexity index is 649. The topological polar surface area (TPSA) is 68.2 Å². The molecule has 124 valence electrons. The average molecular weight is 316 g/mol. The van der Waals surface area contributed by atoms with Crippen LogP contribution < -0.4 is 15.4 Å². The highest BCUT2D eigenvalue weighted by atomic mass is 16.5. The lowest BCUT2D eigenvalue weighted by molar-refractivity contribution is 0.249. The lowest BCUT2D eigenvalue weighted by Crippen LogP contribution is -2.31. The van der Waals surface area contributed by atoms with Crippen LogP contribution in [0.3, 0.4) is 0 Å². The molecule has 0 spiro atoms. The van der Waals surface area contributed by atoms with E-state index in [4.69, 9.17) is 4.74 Å². The summed E-state index contributed by atoms with van der Waals surface area (Å²) >= 11 is 0. The Kier molecular flexibility index (Phi) is 5.62. The molecule has 1 atom stereocenters. The van der Waals surface area contributed by atoms with Crippen LogP contribution in [0.15, 0.2) is 30.5 Å². The Balaban J connectivity index is 1.94. The minimum atomic E-state index is -0.245. The lowest BCUT2D eigenvalue weighted by Gasteiger charge is -2.15. The third-order valence-corrected chi connectivity index (χ3v) is 3.68. The Labute approximate surface area is 136 Å². The number of carbonyl (C=O) groups is 1. The van der Waals surface area contributed by atoms with Crippen LogP contribution >= 0.6 is 0 Å². The van der Waals surface area contributed by atoms with Gasteiger partial charge in [-0.2, -0.15) is 5.10 Å². The molecule has 2 amide bonds. The molecular weight excluding hydrogens is 292 g/mol. The summed E-state index contributed by atoms with van der Waals surface area (Å²) in [5, 5.41) is 10.1. The van der Waals surface area contributed by atoms with Gasteiger partial charge in [0.2, 0.25) is 0 Å². The molecule has 0 aliphatic rings. The number of nitrogens with one attached hydrogen (secondary N) is 2. The second-order valence-electron chi connectivity index (χ2n) is 5.28. The number of nitrogens with zero attached hydrogens (tertiary/aromatic N) is 2. The van der Waals surface area contributed by atoms with Crippen molar-refractivity contribution < 1.29 is 9.53 Å². The fraction of sp³-hybridized carbons (Fsp3) is 0.412. The van der Waals surface area contributed by atoms with Crippen LogP contribution in [0.25, 0.3) is 0 Å². The summed E-state index contributed by atoms with van der Waals surface area (Å²) in [6, 6.07) is 6.93. The van der Waals surface area contributed by atoms with Gasteiger partial charge >= 0.3 is 6.03 Å². The summed E-state index contributed by atoms with van der Waals surface area (Å²) in [4.78, 5) is 12.1. The summed E-state index contributed by atoms with van der Waals surface area (Å²) in [5.41, 5.74) is 2.81. The predicted octanol–water partition coefficient (Wildman–Crippen LogP) is 3.49. The number of aryl methyl sites for hydroxylation is 1. The molecule has 6 heteroatoms. The number of carbonyl (C=O) groups excluding carboxylic acids is 1. The zero-order valence-electron chi connectivity index (χ0n) is 14.1. The molecule has 0 bridgehead atoms. The van der Waals surface area contributed by atoms with Crippen molar-refractivity contribution in [2.45, 2.75) is 40.3 Å². The lowest BCUT2D eigenvalue weighted by atomic mass is 10.1. The minimum absolute atomic E-state index is 0.113. The second kappa shape index (κ2) is 7.67. The number of ether oxygens (including phenoxy) is 1. The maximum Gasteiger partial charge on any atom is 0.319 e. The minimum Gasteiger partial charge on any atom is -0.494 e. The smallest absolute Gasteiger partial charge is 0.319 e. The molecule has 6 nitrogen and oxygen atoms in total. The van der Waals surface area contributed by atoms with Crippen molar-refractivity contribution in [3.63, 3.8) is 0 Å². The van der Waals surface area contributed by atoms with Crippen LogP contribution in [0.2, 0.25) is 0 Å². The molecular formula is C17H24N4O2. The van der Waals surface area contributed by atoms with Gasteiger partial charge < -0.3 is 15.4 Å². The van der Waals surface area contributed by atoms with Crippen molar-refractivity contribution in [1.29, 1.82) is 0 Å². The largest absolute Gasteiger partial charge is 0.494 e. The molecule has 0 aliphatic heterocycles. The number of rotatable bonds is 6. The van der Waals surface area contributed by atoms with Crippen molar-refractivity contribution in [3.05, 3.63) is 41.7 Å². The summed E-state index contributed by atoms with van der Waals surface area (Å²) in [7, 11) is 0. The van der Waals surface area contributed by atoms with Crippen molar-refractivity contribution in [1.82, 2.24) is 15.1 Å². The van der Waals surface area contributed by atoms with Gasteiger partial charge in [-0.3, -0.25) is 4.68 Å². The van der Waals surface area contributed by atoms with E-state index in [1.54, 1.807) is 6.20 Å². The van der Waals surface area contributed by atoms with E-state index in [1.165, 1.54) is 0 Å². The molecule has 0 saturated heterocycles. The predicted molar refractivity (Wildman–Crippen MR) is 90.8 cm³/mol. The molecule has 0 fully saturated rings. The SMILES string of the molecule is CCOc1ccc(NC(=O)NC(C)c2cnn(CC)c2C)cc1. The van der Waals surface area contributed by atoms with E-state index in [-0.39, 0.29) is 12.1 Å². The van der Waals surface area contributed by atoms with Crippen molar-refractivity contribution in [2.75, 3.05) is 11.9 Å². The number of anilines is 1. The molecule has 2 aromatic rings. The van der Waals surface area contributed by atoms with Gasteiger partial charge in [0.05, 0.1) is 18.8 Å². The van der Waals surface area contributed by atoms with Gasteiger partial charge in [-0.05, 0) is 52.0 Å². The van der Waals surface area contributed by atoms with Crippen LogP contribution in [-0.2, 0) is 6.54 Å². The zero-order valence-corrected chi connectivity index (χ0v) is 14.1. The quantitative estimate of drug-likeness (QED) is 0.857. The zero-order chi connectivity index (χ0) is 16.8. The highest BCUT2D eigenvalue weighted by Crippen LogP contribution is 2.18. The molecule has 1 aromatic heterocycles. The molecule has 2 N–H and O–H groups in total. The van der Waals surface area contributed by atoms with Gasteiger partial charge in [0, 0.05) is 23.5 Å². The molecule has 1 aromatic carbocycles. The maximum absolute atomic E-state index is 12.1. The molecule has 2 rings (SSSR count). The number of hydrogen-bond donors (Lipinski definition) is 2. The van der Waals surface area contributed by atoms with Crippen LogP contribution in [0.5, 0.6) is 5.75 Å². The summed E-state index contributed by atoms with van der Waals surface area (Å²) in [6.07, 6.45) is 1.81. The third kappa shape index (κ3) is 4.25. The fourth-order valence-corrected chi connectivity index (χ4v) is 2.45. The molecule has 0 radical (unpaired) electrons. The highest BCUT2D eigenvalue weighted by Gasteiger charge is 2.15. The number of hydrogen-bond acceptors (Lipinski definition) is 3. The third-order valence-electron chi connectivity index (χ3n) is 3.68. The summed E-state index contributed by atoms with van der Waals surface area (Å²) < 4.78 is 7.29. The van der Waals surface area contributed by atoms with Crippen LogP contribution in [0, 0.1) is 6.92 Å². The Morgan fingerprint density at radius 3 is 2.57 bits per heavy atom. The first-order valence-corrected chi connectivity index (χ1v) is 7.87. The Morgan fingerprint density at radius 1 is 1.30 bits per heavy atom. The molecule has 1 heterocycles. The highest BCUT2D eigenvalue weighted by molar-refractivity contribution is 5.89. The Hall–Kier alpha value is -2.50. The molecule has 1 unspecified atom stereocenters. The van der Waals surface area contributed by atoms with Gasteiger partial charge in [-0.1, -0.05) is 0 Å². The standard InChI is InChI=1S/C17H24N4O2/c1-5-21-13(4)16(11-18-21)12(3)19-17(22)20-14-7-9-15(10-8-14)23-6-2/h7-12H,5-6H2,1-4H3,(H2,19,20,22). The number of urea groups is 1. The second-order valence-corrected chi connectivity index (χ2v) is 5.28. The van der Waals surface area contributed by atoms with E-state index in [2.05, 4.69) is 15.7 Å². The van der Waals surface area contributed by atoms with E-state index < -0.39 is 0 Å². The van der Waals surface area contributed by atoms with Crippen LogP contribution in [-0.4, -0.2) is 22.4 Å². The van der Waals surface area contributed by atoms with Crippen molar-refractivity contribution in [2.24, 2.45) is 0 Å². The van der Waals surface area contributed by atoms with Crippen molar-refractivity contribution in [3.8, 4) is 5.75 Å². The van der Waals surface area contributed by atoms with Crippen molar-refractivity contribution >= 4 is 11.7 Å². The van der Waals surface area contributed by atoms with Gasteiger partial charge in [0.25, 0.3) is 0 Å². The number of amides is 2. The summed E-state index contributed by atoms with van der Waals surface area (Å²) in [6.45, 7) is 9.37. The number of aromatic nitrogens is 2. The monoisotopic (exact) mass is 316 g/mol. The first kappa shape index (κ1) is 16.9. The fourth-order valence-electron chi connectivity index (χ4n) is 2.45. The van der Waals surface area contributed by atoms with Crippen LogP contribution in [0.4, 0.5) is 10.5 Å². The summed E-state index contributed by atoms with van der Waals surface area (Å²) in [5.74, 6) is 0.787. The van der Waals surface area contributed by atoms with E-state index in [1.807, 2.05) is 56.6 Å². The van der Waals surface area contributed by atoms with Gasteiger partial charge in [0.1, 0.15) is 5.75 Å². The first-order valence-electron chi connectivity index (χ1n) is 7.87. The van der Waals surface area contributed by atoms with E-state index in [0.717, 1.165) is 29.2 Å². The van der Waals surface area contributed by atoms with Gasteiger partial charge in [-0.25, -0.2) is 4.79 Å². The van der Waals surface area contributed by atoms with Gasteiger partial charge in [-0.15, -0.1) is 0 Å². The molecule has 0 saturated carbocycles. The van der Waals surface area contributed by atoms with E-state index >= 15 is 0 Å². The average Bonchev–Trinajstić information content (AvgIpc) is 2.90.